The van der Waals surface area contributed by atoms with Crippen molar-refractivity contribution in [3.8, 4) is 0 Å². The fourth-order valence-electron chi connectivity index (χ4n) is 3.38. The van der Waals surface area contributed by atoms with E-state index in [1.807, 2.05) is 19.4 Å². The number of nitrogens with zero attached hydrogens (tertiary/aromatic N) is 3. The lowest BCUT2D eigenvalue weighted by Crippen LogP contribution is -2.27. The average Bonchev–Trinajstić information content (AvgIpc) is 3.02. The van der Waals surface area contributed by atoms with Crippen LogP contribution in [0, 0.1) is 0 Å². The van der Waals surface area contributed by atoms with Crippen molar-refractivity contribution in [2.45, 2.75) is 25.3 Å². The number of halogens is 1. The number of rotatable bonds is 4. The van der Waals surface area contributed by atoms with Crippen LogP contribution < -0.4 is 10.6 Å². The van der Waals surface area contributed by atoms with E-state index >= 15 is 0 Å². The molecule has 1 fully saturated rings. The summed E-state index contributed by atoms with van der Waals surface area (Å²) >= 11 is 0. The van der Waals surface area contributed by atoms with Crippen LogP contribution in [-0.2, 0) is 13.6 Å². The highest BCUT2D eigenvalue weighted by Crippen LogP contribution is 2.29. The molecule has 0 aliphatic carbocycles. The van der Waals surface area contributed by atoms with E-state index in [1.165, 1.54) is 11.3 Å². The van der Waals surface area contributed by atoms with Crippen LogP contribution in [0.15, 0.2) is 42.7 Å². The summed E-state index contributed by atoms with van der Waals surface area (Å²) in [5.74, 6) is 1.42. The van der Waals surface area contributed by atoms with Gasteiger partial charge in [0.25, 0.3) is 0 Å². The molecule has 6 heteroatoms. The molecule has 0 unspecified atom stereocenters. The van der Waals surface area contributed by atoms with E-state index in [0.29, 0.717) is 5.92 Å². The van der Waals surface area contributed by atoms with Crippen molar-refractivity contribution in [3.63, 3.8) is 0 Å². The van der Waals surface area contributed by atoms with Gasteiger partial charge in [0, 0.05) is 25.2 Å². The standard InChI is InChI=1S/C19H23N5.ClH/c1-24-13-22-18-17(24)11-16(15-7-9-20-10-8-15)23-19(18)21-12-14-5-3-2-4-6-14;/h2-6,11,13,15,20H,7-10,12H2,1H3,(H,21,23);1H. The van der Waals surface area contributed by atoms with Gasteiger partial charge in [0.15, 0.2) is 5.82 Å². The summed E-state index contributed by atoms with van der Waals surface area (Å²) in [6, 6.07) is 12.6. The van der Waals surface area contributed by atoms with Crippen molar-refractivity contribution in [2.75, 3.05) is 18.4 Å². The molecule has 0 spiro atoms. The third-order valence-electron chi connectivity index (χ3n) is 4.79. The average molecular weight is 358 g/mol. The summed E-state index contributed by atoms with van der Waals surface area (Å²) in [6.45, 7) is 2.90. The number of benzene rings is 1. The molecule has 0 bridgehead atoms. The first kappa shape index (κ1) is 17.7. The van der Waals surface area contributed by atoms with Crippen molar-refractivity contribution >= 4 is 29.3 Å². The molecule has 2 N–H and O–H groups in total. The second kappa shape index (κ2) is 7.85. The van der Waals surface area contributed by atoms with Crippen LogP contribution in [0.2, 0.25) is 0 Å². The molecule has 25 heavy (non-hydrogen) atoms. The maximum absolute atomic E-state index is 4.94. The van der Waals surface area contributed by atoms with Gasteiger partial charge >= 0.3 is 0 Å². The molecular weight excluding hydrogens is 334 g/mol. The Labute approximate surface area is 154 Å². The predicted octanol–water partition coefficient (Wildman–Crippen LogP) is 3.47. The monoisotopic (exact) mass is 357 g/mol. The highest BCUT2D eigenvalue weighted by molar-refractivity contribution is 5.86. The van der Waals surface area contributed by atoms with Crippen molar-refractivity contribution in [1.82, 2.24) is 19.9 Å². The molecule has 0 saturated carbocycles. The summed E-state index contributed by atoms with van der Waals surface area (Å²) < 4.78 is 2.08. The van der Waals surface area contributed by atoms with Crippen molar-refractivity contribution in [3.05, 3.63) is 54.0 Å². The Balaban J connectivity index is 0.00000182. The van der Waals surface area contributed by atoms with E-state index in [9.17, 15) is 0 Å². The zero-order chi connectivity index (χ0) is 16.4. The fraction of sp³-hybridized carbons (Fsp3) is 0.368. The molecule has 0 amide bonds. The Morgan fingerprint density at radius 2 is 1.96 bits per heavy atom. The molecular formula is C19H24ClN5. The lowest BCUT2D eigenvalue weighted by atomic mass is 9.94. The molecule has 3 aromatic rings. The maximum atomic E-state index is 4.94. The first-order valence-corrected chi connectivity index (χ1v) is 8.62. The van der Waals surface area contributed by atoms with Crippen LogP contribution in [0.5, 0.6) is 0 Å². The fourth-order valence-corrected chi connectivity index (χ4v) is 3.38. The van der Waals surface area contributed by atoms with E-state index in [2.05, 4.69) is 50.5 Å². The van der Waals surface area contributed by atoms with E-state index in [-0.39, 0.29) is 12.4 Å². The Morgan fingerprint density at radius 1 is 1.20 bits per heavy atom. The van der Waals surface area contributed by atoms with Gasteiger partial charge in [-0.15, -0.1) is 12.4 Å². The summed E-state index contributed by atoms with van der Waals surface area (Å²) in [5, 5.41) is 6.92. The predicted molar refractivity (Wildman–Crippen MR) is 104 cm³/mol. The topological polar surface area (TPSA) is 54.8 Å². The van der Waals surface area contributed by atoms with Crippen LogP contribution >= 0.6 is 12.4 Å². The van der Waals surface area contributed by atoms with Gasteiger partial charge in [0.1, 0.15) is 5.52 Å². The Bertz CT molecular complexity index is 824. The van der Waals surface area contributed by atoms with Gasteiger partial charge in [-0.3, -0.25) is 0 Å². The van der Waals surface area contributed by atoms with Gasteiger partial charge in [-0.25, -0.2) is 9.97 Å². The lowest BCUT2D eigenvalue weighted by molar-refractivity contribution is 0.454. The number of fused-ring (bicyclic) bond motifs is 1. The third kappa shape index (κ3) is 3.78. The number of anilines is 1. The van der Waals surface area contributed by atoms with Gasteiger partial charge < -0.3 is 15.2 Å². The van der Waals surface area contributed by atoms with Gasteiger partial charge in [-0.1, -0.05) is 30.3 Å². The summed E-state index contributed by atoms with van der Waals surface area (Å²) in [5.41, 5.74) is 4.53. The molecule has 1 aliphatic heterocycles. The minimum atomic E-state index is 0. The number of hydrogen-bond donors (Lipinski definition) is 2. The molecule has 4 rings (SSSR count). The highest BCUT2D eigenvalue weighted by Gasteiger charge is 2.19. The van der Waals surface area contributed by atoms with Crippen molar-refractivity contribution in [1.29, 1.82) is 0 Å². The molecule has 132 valence electrons. The van der Waals surface area contributed by atoms with E-state index in [0.717, 1.165) is 49.3 Å². The molecule has 2 aromatic heterocycles. The van der Waals surface area contributed by atoms with Gasteiger partial charge in [0.05, 0.1) is 11.8 Å². The third-order valence-corrected chi connectivity index (χ3v) is 4.79. The summed E-state index contributed by atoms with van der Waals surface area (Å²) in [7, 11) is 2.04. The minimum absolute atomic E-state index is 0. The van der Waals surface area contributed by atoms with Gasteiger partial charge in [-0.2, -0.15) is 0 Å². The smallest absolute Gasteiger partial charge is 0.154 e. The van der Waals surface area contributed by atoms with Crippen LogP contribution in [-0.4, -0.2) is 27.6 Å². The quantitative estimate of drug-likeness (QED) is 0.750. The van der Waals surface area contributed by atoms with Gasteiger partial charge in [-0.05, 0) is 37.6 Å². The molecule has 1 saturated heterocycles. The number of hydrogen-bond acceptors (Lipinski definition) is 4. The van der Waals surface area contributed by atoms with E-state index in [4.69, 9.17) is 4.98 Å². The van der Waals surface area contributed by atoms with E-state index < -0.39 is 0 Å². The number of aryl methyl sites for hydroxylation is 1. The number of nitrogens with one attached hydrogen (secondary N) is 2. The Morgan fingerprint density at radius 3 is 2.72 bits per heavy atom. The van der Waals surface area contributed by atoms with Gasteiger partial charge in [0.2, 0.25) is 0 Å². The lowest BCUT2D eigenvalue weighted by Gasteiger charge is -2.23. The van der Waals surface area contributed by atoms with Crippen LogP contribution in [0.3, 0.4) is 0 Å². The first-order chi connectivity index (χ1) is 11.8. The van der Waals surface area contributed by atoms with E-state index in [1.54, 1.807) is 0 Å². The van der Waals surface area contributed by atoms with Crippen LogP contribution in [0.1, 0.15) is 30.0 Å². The summed E-state index contributed by atoms with van der Waals surface area (Å²) in [4.78, 5) is 9.48. The molecule has 0 atom stereocenters. The second-order valence-corrected chi connectivity index (χ2v) is 6.48. The Hall–Kier alpha value is -2.11. The number of pyridine rings is 1. The summed E-state index contributed by atoms with van der Waals surface area (Å²) in [6.07, 6.45) is 4.16. The first-order valence-electron chi connectivity index (χ1n) is 8.62. The molecule has 1 aliphatic rings. The highest BCUT2D eigenvalue weighted by atomic mass is 35.5. The number of imidazole rings is 1. The van der Waals surface area contributed by atoms with Crippen molar-refractivity contribution < 1.29 is 0 Å². The van der Waals surface area contributed by atoms with Crippen molar-refractivity contribution in [2.24, 2.45) is 7.05 Å². The minimum Gasteiger partial charge on any atom is -0.364 e. The van der Waals surface area contributed by atoms with Crippen LogP contribution in [0.4, 0.5) is 5.82 Å². The molecule has 1 aromatic carbocycles. The zero-order valence-electron chi connectivity index (χ0n) is 14.4. The Kier molecular flexibility index (Phi) is 5.56. The normalized spacial score (nSPS) is 15.1. The molecule has 5 nitrogen and oxygen atoms in total. The molecule has 3 heterocycles. The maximum Gasteiger partial charge on any atom is 0.154 e. The zero-order valence-corrected chi connectivity index (χ0v) is 15.2. The number of piperidine rings is 1. The van der Waals surface area contributed by atoms with Crippen LogP contribution in [0.25, 0.3) is 11.0 Å². The SMILES string of the molecule is Cl.Cn1cnc2c(NCc3ccccc3)nc(C3CCNCC3)cc21. The molecule has 0 radical (unpaired) electrons. The second-order valence-electron chi connectivity index (χ2n) is 6.48. The largest absolute Gasteiger partial charge is 0.364 e. The number of aromatic nitrogens is 3.